The summed E-state index contributed by atoms with van der Waals surface area (Å²) in [6.45, 7) is 0. The van der Waals surface area contributed by atoms with Gasteiger partial charge in [-0.15, -0.1) is 0 Å². The molecule has 6 heteroatoms. The summed E-state index contributed by atoms with van der Waals surface area (Å²) in [4.78, 5) is 16.3. The third-order valence-corrected chi connectivity index (χ3v) is 4.67. The van der Waals surface area contributed by atoms with E-state index < -0.39 is 0 Å². The monoisotopic (exact) mass is 392 g/mol. The van der Waals surface area contributed by atoms with Crippen LogP contribution in [0.15, 0.2) is 53.0 Å². The van der Waals surface area contributed by atoms with Crippen molar-refractivity contribution in [3.05, 3.63) is 63.6 Å². The summed E-state index contributed by atoms with van der Waals surface area (Å²) in [7, 11) is 0. The van der Waals surface area contributed by atoms with E-state index in [-0.39, 0.29) is 5.91 Å². The van der Waals surface area contributed by atoms with Crippen molar-refractivity contribution in [2.24, 2.45) is 0 Å². The third-order valence-electron chi connectivity index (χ3n) is 2.90. The van der Waals surface area contributed by atoms with E-state index in [1.807, 2.05) is 36.4 Å². The van der Waals surface area contributed by atoms with Gasteiger partial charge < -0.3 is 0 Å². The average Bonchev–Trinajstić information content (AvgIpc) is 2.87. The lowest BCUT2D eigenvalue weighted by Gasteiger charge is -1.97. The number of amides is 1. The molecule has 0 saturated carbocycles. The zero-order valence-electron chi connectivity index (χ0n) is 11.2. The first kappa shape index (κ1) is 15.2. The van der Waals surface area contributed by atoms with Crippen molar-refractivity contribution in [3.63, 3.8) is 0 Å². The molecule has 0 aliphatic carbocycles. The van der Waals surface area contributed by atoms with Crippen LogP contribution in [0.5, 0.6) is 0 Å². The number of nitrogens with one attached hydrogen (secondary N) is 1. The second-order valence-corrected chi connectivity index (χ2v) is 6.83. The highest BCUT2D eigenvalue weighted by atomic mass is 79.9. The summed E-state index contributed by atoms with van der Waals surface area (Å²) in [6.07, 6.45) is 3.13. The van der Waals surface area contributed by atoms with Crippen molar-refractivity contribution >= 4 is 66.2 Å². The molecule has 22 heavy (non-hydrogen) atoms. The van der Waals surface area contributed by atoms with Crippen molar-refractivity contribution in [1.29, 1.82) is 0 Å². The van der Waals surface area contributed by atoms with Gasteiger partial charge in [-0.05, 0) is 35.9 Å². The Labute approximate surface area is 144 Å². The average molecular weight is 394 g/mol. The van der Waals surface area contributed by atoms with E-state index in [2.05, 4.69) is 26.2 Å². The molecule has 1 amide bonds. The molecule has 0 radical (unpaired) electrons. The van der Waals surface area contributed by atoms with Crippen LogP contribution in [0.1, 0.15) is 5.56 Å². The van der Waals surface area contributed by atoms with E-state index in [0.717, 1.165) is 20.3 Å². The third kappa shape index (κ3) is 3.55. The topological polar surface area (TPSA) is 42.0 Å². The van der Waals surface area contributed by atoms with Gasteiger partial charge in [0, 0.05) is 15.6 Å². The number of carbonyl (C=O) groups is 1. The normalized spacial score (nSPS) is 11.2. The molecule has 0 aliphatic rings. The van der Waals surface area contributed by atoms with E-state index in [1.54, 1.807) is 12.1 Å². The number of benzene rings is 2. The molecule has 0 saturated heterocycles. The van der Waals surface area contributed by atoms with Crippen LogP contribution in [0.4, 0.5) is 5.13 Å². The van der Waals surface area contributed by atoms with Crippen LogP contribution in [-0.2, 0) is 4.79 Å². The molecule has 0 bridgehead atoms. The van der Waals surface area contributed by atoms with Crippen LogP contribution in [0.25, 0.3) is 16.3 Å². The number of carbonyl (C=O) groups excluding carboxylic acids is 1. The highest BCUT2D eigenvalue weighted by Gasteiger charge is 2.06. The van der Waals surface area contributed by atoms with Gasteiger partial charge in [-0.2, -0.15) is 0 Å². The minimum atomic E-state index is -0.238. The summed E-state index contributed by atoms with van der Waals surface area (Å²) >= 11 is 10.9. The van der Waals surface area contributed by atoms with E-state index in [1.165, 1.54) is 17.4 Å². The van der Waals surface area contributed by atoms with Crippen LogP contribution in [0.3, 0.4) is 0 Å². The lowest BCUT2D eigenvalue weighted by Crippen LogP contribution is -2.07. The number of rotatable bonds is 3. The number of nitrogens with zero attached hydrogens (tertiary/aromatic N) is 1. The highest BCUT2D eigenvalue weighted by molar-refractivity contribution is 9.10. The number of halogens is 2. The zero-order chi connectivity index (χ0) is 15.5. The number of thiazole rings is 1. The van der Waals surface area contributed by atoms with Gasteiger partial charge in [0.05, 0.1) is 10.2 Å². The maximum atomic E-state index is 12.0. The molecule has 1 aromatic heterocycles. The predicted octanol–water partition coefficient (Wildman–Crippen LogP) is 5.36. The first-order valence-electron chi connectivity index (χ1n) is 6.41. The van der Waals surface area contributed by atoms with E-state index >= 15 is 0 Å². The minimum absolute atomic E-state index is 0.238. The molecule has 2 aromatic carbocycles. The van der Waals surface area contributed by atoms with Crippen molar-refractivity contribution in [2.75, 3.05) is 5.32 Å². The van der Waals surface area contributed by atoms with E-state index in [4.69, 9.17) is 11.6 Å². The van der Waals surface area contributed by atoms with Gasteiger partial charge in [0.1, 0.15) is 0 Å². The van der Waals surface area contributed by atoms with Gasteiger partial charge in [0.2, 0.25) is 5.91 Å². The molecule has 3 aromatic rings. The Morgan fingerprint density at radius 1 is 1.27 bits per heavy atom. The lowest BCUT2D eigenvalue weighted by molar-refractivity contribution is -0.111. The number of fused-ring (bicyclic) bond motifs is 1. The van der Waals surface area contributed by atoms with E-state index in [9.17, 15) is 4.79 Å². The number of anilines is 1. The first-order valence-corrected chi connectivity index (χ1v) is 8.40. The second-order valence-electron chi connectivity index (χ2n) is 4.48. The summed E-state index contributed by atoms with van der Waals surface area (Å²) in [5, 5.41) is 3.94. The molecular weight excluding hydrogens is 384 g/mol. The Kier molecular flexibility index (Phi) is 4.57. The Hall–Kier alpha value is -1.69. The smallest absolute Gasteiger partial charge is 0.250 e. The van der Waals surface area contributed by atoms with Crippen molar-refractivity contribution in [2.45, 2.75) is 0 Å². The van der Waals surface area contributed by atoms with Crippen molar-refractivity contribution in [3.8, 4) is 0 Å². The first-order chi connectivity index (χ1) is 10.6. The molecule has 0 unspecified atom stereocenters. The maximum absolute atomic E-state index is 12.0. The summed E-state index contributed by atoms with van der Waals surface area (Å²) in [5.41, 5.74) is 1.66. The quantitative estimate of drug-likeness (QED) is 0.608. The second kappa shape index (κ2) is 6.60. The van der Waals surface area contributed by atoms with Gasteiger partial charge in [-0.3, -0.25) is 10.1 Å². The molecule has 0 spiro atoms. The van der Waals surface area contributed by atoms with Gasteiger partial charge in [-0.25, -0.2) is 4.98 Å². The fraction of sp³-hybridized carbons (Fsp3) is 0. The Morgan fingerprint density at radius 3 is 2.91 bits per heavy atom. The molecule has 110 valence electrons. The fourth-order valence-corrected chi connectivity index (χ4v) is 3.49. The molecule has 3 nitrogen and oxygen atoms in total. The molecule has 1 heterocycles. The summed E-state index contributed by atoms with van der Waals surface area (Å²) in [5.74, 6) is -0.238. The van der Waals surface area contributed by atoms with Gasteiger partial charge in [0.25, 0.3) is 0 Å². The van der Waals surface area contributed by atoms with Crippen LogP contribution in [-0.4, -0.2) is 10.9 Å². The Bertz CT molecular complexity index is 875. The fourth-order valence-electron chi connectivity index (χ4n) is 1.87. The van der Waals surface area contributed by atoms with Gasteiger partial charge >= 0.3 is 0 Å². The molecular formula is C16H10BrClN2OS. The van der Waals surface area contributed by atoms with Crippen LogP contribution in [0, 0.1) is 0 Å². The molecule has 0 atom stereocenters. The van der Waals surface area contributed by atoms with Crippen LogP contribution < -0.4 is 5.32 Å². The SMILES string of the molecule is O=C(C=Cc1ccccc1Cl)Nc1nc2ccc(Br)cc2s1. The van der Waals surface area contributed by atoms with Gasteiger partial charge in [0.15, 0.2) is 5.13 Å². The Balaban J connectivity index is 1.74. The van der Waals surface area contributed by atoms with Crippen LogP contribution >= 0.6 is 38.9 Å². The molecule has 3 rings (SSSR count). The maximum Gasteiger partial charge on any atom is 0.250 e. The highest BCUT2D eigenvalue weighted by Crippen LogP contribution is 2.28. The van der Waals surface area contributed by atoms with Crippen LogP contribution in [0.2, 0.25) is 5.02 Å². The summed E-state index contributed by atoms with van der Waals surface area (Å²) in [6, 6.07) is 13.2. The number of hydrogen-bond acceptors (Lipinski definition) is 3. The zero-order valence-corrected chi connectivity index (χ0v) is 14.4. The largest absolute Gasteiger partial charge is 0.298 e. The molecule has 0 aliphatic heterocycles. The molecule has 0 fully saturated rings. The van der Waals surface area contributed by atoms with Gasteiger partial charge in [-0.1, -0.05) is 57.1 Å². The number of hydrogen-bond donors (Lipinski definition) is 1. The standard InChI is InChI=1S/C16H10BrClN2OS/c17-11-6-7-13-14(9-11)22-16(19-13)20-15(21)8-5-10-3-1-2-4-12(10)18/h1-9H,(H,19,20,21). The van der Waals surface area contributed by atoms with Crippen molar-refractivity contribution in [1.82, 2.24) is 4.98 Å². The summed E-state index contributed by atoms with van der Waals surface area (Å²) < 4.78 is 2.00. The minimum Gasteiger partial charge on any atom is -0.298 e. The lowest BCUT2D eigenvalue weighted by atomic mass is 10.2. The van der Waals surface area contributed by atoms with Crippen molar-refractivity contribution < 1.29 is 4.79 Å². The Morgan fingerprint density at radius 2 is 2.09 bits per heavy atom. The molecule has 1 N–H and O–H groups in total. The predicted molar refractivity (Wildman–Crippen MR) is 96.4 cm³/mol. The number of aromatic nitrogens is 1. The van der Waals surface area contributed by atoms with E-state index in [0.29, 0.717) is 10.2 Å².